The molecule has 0 spiro atoms. The summed E-state index contributed by atoms with van der Waals surface area (Å²) in [6.07, 6.45) is 5.46. The second-order valence-electron chi connectivity index (χ2n) is 6.16. The van der Waals surface area contributed by atoms with Crippen LogP contribution in [0.3, 0.4) is 0 Å². The lowest BCUT2D eigenvalue weighted by atomic mass is 10.1. The van der Waals surface area contributed by atoms with Gasteiger partial charge in [0, 0.05) is 56.9 Å². The molecule has 3 rings (SSSR count). The maximum Gasteiger partial charge on any atom is 0.236 e. The number of hydrogen-bond donors (Lipinski definition) is 1. The zero-order valence-corrected chi connectivity index (χ0v) is 13.9. The van der Waals surface area contributed by atoms with Gasteiger partial charge in [0.1, 0.15) is 0 Å². The van der Waals surface area contributed by atoms with Crippen molar-refractivity contribution in [2.75, 3.05) is 51.5 Å². The van der Waals surface area contributed by atoms with Crippen LogP contribution in [0.1, 0.15) is 24.1 Å². The quantitative estimate of drug-likeness (QED) is 0.890. The third-order valence-corrected chi connectivity index (χ3v) is 5.29. The van der Waals surface area contributed by atoms with Gasteiger partial charge in [-0.3, -0.25) is 14.6 Å². The molecule has 2 aliphatic rings. The highest BCUT2D eigenvalue weighted by Gasteiger charge is 2.22. The van der Waals surface area contributed by atoms with Crippen molar-refractivity contribution in [3.05, 3.63) is 11.1 Å². The fourth-order valence-electron chi connectivity index (χ4n) is 3.16. The van der Waals surface area contributed by atoms with E-state index in [0.717, 1.165) is 58.7 Å². The van der Waals surface area contributed by atoms with Crippen molar-refractivity contribution in [3.8, 4) is 0 Å². The number of thiazole rings is 1. The molecule has 1 aromatic heterocycles. The van der Waals surface area contributed by atoms with Gasteiger partial charge >= 0.3 is 0 Å². The Morgan fingerprint density at radius 1 is 1.09 bits per heavy atom. The fraction of sp³-hybridized carbons (Fsp3) is 0.733. The van der Waals surface area contributed by atoms with Crippen LogP contribution in [0.2, 0.25) is 0 Å². The minimum absolute atomic E-state index is 0.309. The number of aromatic nitrogens is 1. The molecule has 0 saturated carbocycles. The monoisotopic (exact) mass is 323 g/mol. The first kappa shape index (κ1) is 15.7. The Morgan fingerprint density at radius 3 is 2.41 bits per heavy atom. The van der Waals surface area contributed by atoms with Gasteiger partial charge in [0.2, 0.25) is 5.91 Å². The number of anilines is 1. The van der Waals surface area contributed by atoms with Crippen LogP contribution < -0.4 is 5.73 Å². The molecule has 0 bridgehead atoms. The number of carbonyl (C=O) groups is 1. The van der Waals surface area contributed by atoms with Crippen molar-refractivity contribution in [2.45, 2.75) is 25.8 Å². The summed E-state index contributed by atoms with van der Waals surface area (Å²) < 4.78 is 0. The van der Waals surface area contributed by atoms with E-state index in [1.54, 1.807) is 11.3 Å². The number of hydrogen-bond acceptors (Lipinski definition) is 6. The number of amides is 1. The Bertz CT molecular complexity index is 492. The van der Waals surface area contributed by atoms with Crippen molar-refractivity contribution >= 4 is 22.4 Å². The number of piperidine rings is 1. The first-order valence-electron chi connectivity index (χ1n) is 8.13. The molecule has 2 aliphatic heterocycles. The van der Waals surface area contributed by atoms with E-state index < -0.39 is 0 Å². The molecule has 2 saturated heterocycles. The molecule has 1 aromatic rings. The summed E-state index contributed by atoms with van der Waals surface area (Å²) in [5.74, 6) is 0.309. The van der Waals surface area contributed by atoms with Gasteiger partial charge < -0.3 is 10.6 Å². The van der Waals surface area contributed by atoms with E-state index >= 15 is 0 Å². The number of piperazine rings is 1. The van der Waals surface area contributed by atoms with Crippen molar-refractivity contribution in [1.29, 1.82) is 0 Å². The van der Waals surface area contributed by atoms with E-state index in [4.69, 9.17) is 5.73 Å². The molecule has 0 aliphatic carbocycles. The highest BCUT2D eigenvalue weighted by Crippen LogP contribution is 2.17. The molecule has 0 radical (unpaired) electrons. The molecule has 6 nitrogen and oxygen atoms in total. The number of rotatable bonds is 4. The molecule has 2 fully saturated rings. The van der Waals surface area contributed by atoms with Crippen LogP contribution in [-0.4, -0.2) is 71.4 Å². The number of likely N-dealkylation sites (tertiary alicyclic amines) is 1. The van der Waals surface area contributed by atoms with Gasteiger partial charge in [0.25, 0.3) is 0 Å². The van der Waals surface area contributed by atoms with E-state index in [-0.39, 0.29) is 0 Å². The van der Waals surface area contributed by atoms with Crippen molar-refractivity contribution < 1.29 is 4.79 Å². The smallest absolute Gasteiger partial charge is 0.236 e. The van der Waals surface area contributed by atoms with Crippen LogP contribution in [-0.2, 0) is 11.3 Å². The molecule has 0 unspecified atom stereocenters. The molecule has 122 valence electrons. The summed E-state index contributed by atoms with van der Waals surface area (Å²) in [5.41, 5.74) is 5.67. The minimum Gasteiger partial charge on any atom is -0.375 e. The summed E-state index contributed by atoms with van der Waals surface area (Å²) in [5, 5.41) is 0.640. The average molecular weight is 323 g/mol. The lowest BCUT2D eigenvalue weighted by Gasteiger charge is -2.35. The summed E-state index contributed by atoms with van der Waals surface area (Å²) >= 11 is 1.56. The lowest BCUT2D eigenvalue weighted by molar-refractivity contribution is -0.133. The van der Waals surface area contributed by atoms with Crippen LogP contribution in [0.5, 0.6) is 0 Å². The summed E-state index contributed by atoms with van der Waals surface area (Å²) in [6, 6.07) is 0. The fourth-order valence-corrected chi connectivity index (χ4v) is 3.88. The van der Waals surface area contributed by atoms with E-state index in [0.29, 0.717) is 17.6 Å². The van der Waals surface area contributed by atoms with E-state index in [9.17, 15) is 4.79 Å². The largest absolute Gasteiger partial charge is 0.375 e. The number of carbonyl (C=O) groups excluding carboxylic acids is 1. The predicted octanol–water partition coefficient (Wildman–Crippen LogP) is 0.855. The van der Waals surface area contributed by atoms with Crippen molar-refractivity contribution in [3.63, 3.8) is 0 Å². The second-order valence-corrected chi connectivity index (χ2v) is 7.31. The van der Waals surface area contributed by atoms with Crippen LogP contribution >= 0.6 is 11.3 Å². The SMILES string of the molecule is Nc1ncc(CN2CCN(CC(=O)N3CCCCC3)CC2)s1. The molecule has 3 heterocycles. The molecular weight excluding hydrogens is 298 g/mol. The summed E-state index contributed by atoms with van der Waals surface area (Å²) in [7, 11) is 0. The Kier molecular flexibility index (Phi) is 5.28. The number of nitrogen functional groups attached to an aromatic ring is 1. The Balaban J connectivity index is 1.40. The maximum absolute atomic E-state index is 12.3. The molecule has 22 heavy (non-hydrogen) atoms. The predicted molar refractivity (Wildman–Crippen MR) is 88.7 cm³/mol. The van der Waals surface area contributed by atoms with Gasteiger partial charge in [0.05, 0.1) is 6.54 Å². The third kappa shape index (κ3) is 4.18. The van der Waals surface area contributed by atoms with Crippen LogP contribution in [0.15, 0.2) is 6.20 Å². The third-order valence-electron chi connectivity index (χ3n) is 4.48. The van der Waals surface area contributed by atoms with Crippen LogP contribution in [0, 0.1) is 0 Å². The second kappa shape index (κ2) is 7.39. The molecule has 0 aromatic carbocycles. The normalized spacial score (nSPS) is 21.2. The van der Waals surface area contributed by atoms with Crippen LogP contribution in [0.4, 0.5) is 5.13 Å². The number of nitrogens with two attached hydrogens (primary N) is 1. The number of nitrogens with zero attached hydrogens (tertiary/aromatic N) is 4. The highest BCUT2D eigenvalue weighted by atomic mass is 32.1. The molecule has 1 amide bonds. The molecule has 7 heteroatoms. The topological polar surface area (TPSA) is 65.7 Å². The van der Waals surface area contributed by atoms with Crippen LogP contribution in [0.25, 0.3) is 0 Å². The first-order chi connectivity index (χ1) is 10.7. The van der Waals surface area contributed by atoms with E-state index in [2.05, 4.69) is 14.8 Å². The first-order valence-corrected chi connectivity index (χ1v) is 8.95. The maximum atomic E-state index is 12.3. The van der Waals surface area contributed by atoms with Gasteiger partial charge in [-0.05, 0) is 19.3 Å². The van der Waals surface area contributed by atoms with Gasteiger partial charge in [-0.15, -0.1) is 11.3 Å². The minimum atomic E-state index is 0.309. The molecule has 0 atom stereocenters. The molecule has 2 N–H and O–H groups in total. The van der Waals surface area contributed by atoms with Gasteiger partial charge in [-0.2, -0.15) is 0 Å². The Morgan fingerprint density at radius 2 is 1.77 bits per heavy atom. The summed E-state index contributed by atoms with van der Waals surface area (Å²) in [4.78, 5) is 24.3. The van der Waals surface area contributed by atoms with Gasteiger partial charge in [0.15, 0.2) is 5.13 Å². The lowest BCUT2D eigenvalue weighted by Crippen LogP contribution is -2.50. The van der Waals surface area contributed by atoms with E-state index in [1.165, 1.54) is 11.3 Å². The summed E-state index contributed by atoms with van der Waals surface area (Å²) in [6.45, 7) is 7.35. The Hall–Kier alpha value is -1.18. The van der Waals surface area contributed by atoms with E-state index in [1.807, 2.05) is 11.1 Å². The highest BCUT2D eigenvalue weighted by molar-refractivity contribution is 7.15. The van der Waals surface area contributed by atoms with Gasteiger partial charge in [-0.1, -0.05) is 0 Å². The average Bonchev–Trinajstić information content (AvgIpc) is 2.95. The Labute approximate surface area is 135 Å². The van der Waals surface area contributed by atoms with Crippen molar-refractivity contribution in [2.24, 2.45) is 0 Å². The van der Waals surface area contributed by atoms with Crippen molar-refractivity contribution in [1.82, 2.24) is 19.7 Å². The zero-order chi connectivity index (χ0) is 15.4. The standard InChI is InChI=1S/C15H25N5OS/c16-15-17-10-13(22-15)11-18-6-8-19(9-7-18)12-14(21)20-4-2-1-3-5-20/h10H,1-9,11-12H2,(H2,16,17). The van der Waals surface area contributed by atoms with Gasteiger partial charge in [-0.25, -0.2) is 4.98 Å². The zero-order valence-electron chi connectivity index (χ0n) is 13.0. The molecular formula is C15H25N5OS.